The maximum absolute atomic E-state index is 12.6. The molecule has 0 spiro atoms. The number of benzene rings is 1. The van der Waals surface area contributed by atoms with Crippen LogP contribution in [-0.4, -0.2) is 9.97 Å². The molecule has 1 heterocycles. The van der Waals surface area contributed by atoms with Crippen LogP contribution in [0.4, 0.5) is 24.7 Å². The van der Waals surface area contributed by atoms with Crippen molar-refractivity contribution in [3.63, 3.8) is 0 Å². The Balaban J connectivity index is 2.23. The highest BCUT2D eigenvalue weighted by Gasteiger charge is 2.30. The van der Waals surface area contributed by atoms with E-state index in [9.17, 15) is 13.2 Å². The van der Waals surface area contributed by atoms with E-state index >= 15 is 0 Å². The maximum Gasteiger partial charge on any atom is 0.416 e. The van der Waals surface area contributed by atoms with E-state index in [0.717, 1.165) is 12.1 Å². The van der Waals surface area contributed by atoms with Gasteiger partial charge in [0.05, 0.1) is 12.1 Å². The third-order valence-corrected chi connectivity index (χ3v) is 2.35. The molecule has 0 radical (unpaired) electrons. The molecule has 0 amide bonds. The molecule has 1 aromatic carbocycles. The smallest absolute Gasteiger partial charge is 0.340 e. The van der Waals surface area contributed by atoms with Gasteiger partial charge in [0.25, 0.3) is 0 Å². The molecule has 19 heavy (non-hydrogen) atoms. The highest BCUT2D eigenvalue weighted by atomic mass is 19.4. The van der Waals surface area contributed by atoms with Crippen molar-refractivity contribution < 1.29 is 13.2 Å². The summed E-state index contributed by atoms with van der Waals surface area (Å²) in [5.74, 6) is 0.812. The van der Waals surface area contributed by atoms with Crippen molar-refractivity contribution >= 4 is 11.5 Å². The lowest BCUT2D eigenvalue weighted by atomic mass is 10.2. The second-order valence-electron chi connectivity index (χ2n) is 3.77. The van der Waals surface area contributed by atoms with Crippen molar-refractivity contribution in [1.82, 2.24) is 9.97 Å². The van der Waals surface area contributed by atoms with Crippen LogP contribution in [0, 0.1) is 0 Å². The topological polar surface area (TPSA) is 63.8 Å². The molecule has 3 N–H and O–H groups in total. The second kappa shape index (κ2) is 5.23. The maximum atomic E-state index is 12.6. The molecule has 7 heteroatoms. The molecular formula is C12H11F3N4. The van der Waals surface area contributed by atoms with E-state index < -0.39 is 11.7 Å². The van der Waals surface area contributed by atoms with Crippen LogP contribution in [0.5, 0.6) is 0 Å². The first-order valence-corrected chi connectivity index (χ1v) is 5.45. The fraction of sp³-hybridized carbons (Fsp3) is 0.167. The first-order chi connectivity index (χ1) is 8.99. The normalized spacial score (nSPS) is 11.4. The molecule has 0 fully saturated rings. The van der Waals surface area contributed by atoms with Crippen LogP contribution in [-0.2, 0) is 12.7 Å². The van der Waals surface area contributed by atoms with Gasteiger partial charge in [0.2, 0.25) is 0 Å². The predicted molar refractivity (Wildman–Crippen MR) is 64.7 cm³/mol. The minimum Gasteiger partial charge on any atom is -0.340 e. The Labute approximate surface area is 107 Å². The number of hydrogen-bond donors (Lipinski definition) is 2. The van der Waals surface area contributed by atoms with Gasteiger partial charge in [-0.2, -0.15) is 13.2 Å². The number of alkyl halides is 3. The predicted octanol–water partition coefficient (Wildman–Crippen LogP) is 2.70. The average molecular weight is 268 g/mol. The summed E-state index contributed by atoms with van der Waals surface area (Å²) in [5.41, 5.74) is 4.98. The molecule has 0 saturated carbocycles. The molecule has 0 bridgehead atoms. The summed E-state index contributed by atoms with van der Waals surface area (Å²) in [7, 11) is 0. The van der Waals surface area contributed by atoms with E-state index in [0.29, 0.717) is 17.3 Å². The number of nitrogens with zero attached hydrogens (tertiary/aromatic N) is 2. The monoisotopic (exact) mass is 268 g/mol. The van der Waals surface area contributed by atoms with Crippen LogP contribution in [0.3, 0.4) is 0 Å². The van der Waals surface area contributed by atoms with Gasteiger partial charge < -0.3 is 11.1 Å². The van der Waals surface area contributed by atoms with E-state index in [-0.39, 0.29) is 6.54 Å². The largest absolute Gasteiger partial charge is 0.416 e. The van der Waals surface area contributed by atoms with E-state index in [1.807, 2.05) is 0 Å². The molecule has 2 aromatic rings. The zero-order valence-corrected chi connectivity index (χ0v) is 9.78. The van der Waals surface area contributed by atoms with Gasteiger partial charge in [-0.05, 0) is 24.3 Å². The zero-order valence-electron chi connectivity index (χ0n) is 9.78. The van der Waals surface area contributed by atoms with Gasteiger partial charge in [-0.15, -0.1) is 0 Å². The molecule has 2 rings (SSSR count). The number of nitrogens with two attached hydrogens (primary N) is 1. The molecule has 0 saturated heterocycles. The van der Waals surface area contributed by atoms with Crippen molar-refractivity contribution in [2.75, 3.05) is 5.32 Å². The lowest BCUT2D eigenvalue weighted by Gasteiger charge is -2.10. The third kappa shape index (κ3) is 3.41. The van der Waals surface area contributed by atoms with Crippen LogP contribution in [0.15, 0.2) is 36.5 Å². The molecule has 0 aliphatic heterocycles. The summed E-state index contributed by atoms with van der Waals surface area (Å²) >= 11 is 0. The van der Waals surface area contributed by atoms with Crippen molar-refractivity contribution in [2.24, 2.45) is 5.73 Å². The minimum absolute atomic E-state index is 0.165. The molecule has 1 aromatic heterocycles. The lowest BCUT2D eigenvalue weighted by molar-refractivity contribution is -0.137. The van der Waals surface area contributed by atoms with Gasteiger partial charge >= 0.3 is 6.18 Å². The Bertz CT molecular complexity index is 569. The Morgan fingerprint density at radius 2 is 2.00 bits per heavy atom. The van der Waals surface area contributed by atoms with E-state index in [4.69, 9.17) is 5.73 Å². The Hall–Kier alpha value is -2.15. The summed E-state index contributed by atoms with van der Waals surface area (Å²) in [6.07, 6.45) is -2.88. The summed E-state index contributed by atoms with van der Waals surface area (Å²) in [5, 5.41) is 2.78. The van der Waals surface area contributed by atoms with Gasteiger partial charge in [-0.3, -0.25) is 0 Å². The van der Waals surface area contributed by atoms with Crippen molar-refractivity contribution in [2.45, 2.75) is 12.7 Å². The van der Waals surface area contributed by atoms with Crippen LogP contribution >= 0.6 is 0 Å². The summed E-state index contributed by atoms with van der Waals surface area (Å²) in [6, 6.07) is 6.44. The number of anilines is 2. The van der Waals surface area contributed by atoms with Gasteiger partial charge in [0.1, 0.15) is 11.6 Å². The summed E-state index contributed by atoms with van der Waals surface area (Å²) in [4.78, 5) is 7.95. The number of nitrogens with one attached hydrogen (secondary N) is 1. The van der Waals surface area contributed by atoms with E-state index in [1.54, 1.807) is 6.07 Å². The Morgan fingerprint density at radius 3 is 2.68 bits per heavy atom. The highest BCUT2D eigenvalue weighted by Crippen LogP contribution is 2.31. The van der Waals surface area contributed by atoms with E-state index in [2.05, 4.69) is 15.3 Å². The quantitative estimate of drug-likeness (QED) is 0.898. The zero-order chi connectivity index (χ0) is 13.9. The van der Waals surface area contributed by atoms with Gasteiger partial charge in [0.15, 0.2) is 0 Å². The standard InChI is InChI=1S/C12H11F3N4/c13-12(14,15)8-2-1-3-9(6-8)18-10-4-5-17-11(7-16)19-10/h1-6H,7,16H2,(H,17,18,19). The first kappa shape index (κ1) is 13.3. The fourth-order valence-corrected chi connectivity index (χ4v) is 1.49. The molecule has 0 aliphatic rings. The minimum atomic E-state index is -4.37. The Morgan fingerprint density at radius 1 is 1.21 bits per heavy atom. The number of rotatable bonds is 3. The number of hydrogen-bond acceptors (Lipinski definition) is 4. The first-order valence-electron chi connectivity index (χ1n) is 5.45. The Kier molecular flexibility index (Phi) is 3.66. The van der Waals surface area contributed by atoms with Gasteiger partial charge in [-0.25, -0.2) is 9.97 Å². The molecule has 0 atom stereocenters. The van der Waals surface area contributed by atoms with Crippen molar-refractivity contribution in [3.8, 4) is 0 Å². The third-order valence-electron chi connectivity index (χ3n) is 2.35. The molecule has 100 valence electrons. The second-order valence-corrected chi connectivity index (χ2v) is 3.77. The number of halogens is 3. The molecular weight excluding hydrogens is 257 g/mol. The molecule has 0 aliphatic carbocycles. The molecule has 4 nitrogen and oxygen atoms in total. The molecule has 0 unspecified atom stereocenters. The van der Waals surface area contributed by atoms with Crippen molar-refractivity contribution in [3.05, 3.63) is 47.9 Å². The van der Waals surface area contributed by atoms with Crippen LogP contribution in [0.2, 0.25) is 0 Å². The van der Waals surface area contributed by atoms with Gasteiger partial charge in [0, 0.05) is 11.9 Å². The van der Waals surface area contributed by atoms with E-state index in [1.165, 1.54) is 18.3 Å². The number of aromatic nitrogens is 2. The fourth-order valence-electron chi connectivity index (χ4n) is 1.49. The van der Waals surface area contributed by atoms with Crippen LogP contribution < -0.4 is 11.1 Å². The van der Waals surface area contributed by atoms with Crippen LogP contribution in [0.25, 0.3) is 0 Å². The lowest BCUT2D eigenvalue weighted by Crippen LogP contribution is -2.06. The SMILES string of the molecule is NCc1nccc(Nc2cccc(C(F)(F)F)c2)n1. The average Bonchev–Trinajstić information content (AvgIpc) is 2.38. The van der Waals surface area contributed by atoms with Gasteiger partial charge in [-0.1, -0.05) is 6.07 Å². The van der Waals surface area contributed by atoms with Crippen molar-refractivity contribution in [1.29, 1.82) is 0 Å². The van der Waals surface area contributed by atoms with Crippen LogP contribution in [0.1, 0.15) is 11.4 Å². The highest BCUT2D eigenvalue weighted by molar-refractivity contribution is 5.56. The summed E-state index contributed by atoms with van der Waals surface area (Å²) < 4.78 is 37.7. The summed E-state index contributed by atoms with van der Waals surface area (Å²) in [6.45, 7) is 0.165.